The molecular weight excluding hydrogens is 260 g/mol. The second kappa shape index (κ2) is 7.47. The first-order chi connectivity index (χ1) is 9.40. The molecule has 6 heteroatoms. The Hall–Kier alpha value is -2.11. The summed E-state index contributed by atoms with van der Waals surface area (Å²) in [4.78, 5) is 26.4. The molecule has 1 aromatic rings. The first-order valence-electron chi connectivity index (χ1n) is 6.53. The van der Waals surface area contributed by atoms with Crippen molar-refractivity contribution in [1.29, 1.82) is 0 Å². The summed E-state index contributed by atoms with van der Waals surface area (Å²) in [7, 11) is 0. The van der Waals surface area contributed by atoms with Crippen LogP contribution >= 0.6 is 0 Å². The molecule has 6 nitrogen and oxygen atoms in total. The van der Waals surface area contributed by atoms with E-state index in [2.05, 4.69) is 10.3 Å². The van der Waals surface area contributed by atoms with Gasteiger partial charge in [0, 0.05) is 19.2 Å². The zero-order valence-corrected chi connectivity index (χ0v) is 11.7. The average Bonchev–Trinajstić information content (AvgIpc) is 2.34. The summed E-state index contributed by atoms with van der Waals surface area (Å²) >= 11 is 0. The minimum Gasteiger partial charge on any atom is -0.505 e. The van der Waals surface area contributed by atoms with E-state index in [9.17, 15) is 14.7 Å². The highest BCUT2D eigenvalue weighted by Crippen LogP contribution is 2.16. The van der Waals surface area contributed by atoms with E-state index in [1.807, 2.05) is 13.8 Å². The fraction of sp³-hybridized carbons (Fsp3) is 0.500. The molecule has 1 heterocycles. The molecule has 0 saturated heterocycles. The molecule has 0 spiro atoms. The zero-order chi connectivity index (χ0) is 15.1. The fourth-order valence-corrected chi connectivity index (χ4v) is 2.06. The van der Waals surface area contributed by atoms with Gasteiger partial charge in [0.05, 0.1) is 11.8 Å². The van der Waals surface area contributed by atoms with E-state index >= 15 is 0 Å². The standard InChI is InChI=1S/C14H20N2O4/c1-9(2)5-10(6-13(18)19)7-16-14(20)11-3-4-15-8-12(11)17/h3-4,8-10,17H,5-7H2,1-2H3,(H,16,20)(H,18,19)/t10-/m0/s1. The van der Waals surface area contributed by atoms with Crippen LogP contribution in [0.4, 0.5) is 0 Å². The van der Waals surface area contributed by atoms with Crippen LogP contribution in [0, 0.1) is 11.8 Å². The van der Waals surface area contributed by atoms with Gasteiger partial charge in [0.15, 0.2) is 0 Å². The van der Waals surface area contributed by atoms with Crippen molar-refractivity contribution in [2.24, 2.45) is 11.8 Å². The number of pyridine rings is 1. The van der Waals surface area contributed by atoms with Crippen molar-refractivity contribution in [2.75, 3.05) is 6.54 Å². The van der Waals surface area contributed by atoms with Crippen LogP contribution in [0.5, 0.6) is 5.75 Å². The number of nitrogens with one attached hydrogen (secondary N) is 1. The van der Waals surface area contributed by atoms with Crippen LogP contribution in [-0.2, 0) is 4.79 Å². The number of hydrogen-bond donors (Lipinski definition) is 3. The third kappa shape index (κ3) is 5.26. The monoisotopic (exact) mass is 280 g/mol. The molecule has 0 radical (unpaired) electrons. The van der Waals surface area contributed by atoms with Crippen molar-refractivity contribution in [2.45, 2.75) is 26.7 Å². The van der Waals surface area contributed by atoms with Gasteiger partial charge in [-0.25, -0.2) is 0 Å². The summed E-state index contributed by atoms with van der Waals surface area (Å²) in [6.07, 6.45) is 3.34. The van der Waals surface area contributed by atoms with E-state index in [1.54, 1.807) is 0 Å². The van der Waals surface area contributed by atoms with Crippen molar-refractivity contribution < 1.29 is 19.8 Å². The molecule has 0 aliphatic rings. The quantitative estimate of drug-likeness (QED) is 0.705. The smallest absolute Gasteiger partial charge is 0.303 e. The van der Waals surface area contributed by atoms with Crippen molar-refractivity contribution >= 4 is 11.9 Å². The third-order valence-electron chi connectivity index (χ3n) is 2.86. The first kappa shape index (κ1) is 15.9. The highest BCUT2D eigenvalue weighted by molar-refractivity contribution is 5.96. The summed E-state index contributed by atoms with van der Waals surface area (Å²) in [5.74, 6) is -1.27. The lowest BCUT2D eigenvalue weighted by molar-refractivity contribution is -0.138. The van der Waals surface area contributed by atoms with Gasteiger partial charge in [0.1, 0.15) is 5.75 Å². The summed E-state index contributed by atoms with van der Waals surface area (Å²) in [6, 6.07) is 1.42. The Kier molecular flexibility index (Phi) is 5.96. The van der Waals surface area contributed by atoms with Crippen LogP contribution in [0.3, 0.4) is 0 Å². The molecule has 20 heavy (non-hydrogen) atoms. The van der Waals surface area contributed by atoms with Gasteiger partial charge >= 0.3 is 5.97 Å². The molecule has 1 atom stereocenters. The molecule has 0 fully saturated rings. The van der Waals surface area contributed by atoms with Gasteiger partial charge < -0.3 is 15.5 Å². The second-order valence-electron chi connectivity index (χ2n) is 5.20. The lowest BCUT2D eigenvalue weighted by Gasteiger charge is -2.17. The number of carbonyl (C=O) groups is 2. The maximum absolute atomic E-state index is 11.9. The molecule has 0 aromatic carbocycles. The van der Waals surface area contributed by atoms with Crippen LogP contribution in [0.1, 0.15) is 37.0 Å². The Morgan fingerprint density at radius 2 is 2.10 bits per heavy atom. The molecule has 0 unspecified atom stereocenters. The lowest BCUT2D eigenvalue weighted by atomic mass is 9.94. The van der Waals surface area contributed by atoms with Gasteiger partial charge in [-0.15, -0.1) is 0 Å². The maximum atomic E-state index is 11.9. The maximum Gasteiger partial charge on any atom is 0.303 e. The number of carboxylic acid groups (broad SMARTS) is 1. The minimum atomic E-state index is -0.878. The lowest BCUT2D eigenvalue weighted by Crippen LogP contribution is -2.31. The van der Waals surface area contributed by atoms with Crippen molar-refractivity contribution in [3.8, 4) is 5.75 Å². The highest BCUT2D eigenvalue weighted by atomic mass is 16.4. The van der Waals surface area contributed by atoms with Crippen LogP contribution in [0.15, 0.2) is 18.5 Å². The molecule has 0 saturated carbocycles. The molecule has 1 rings (SSSR count). The summed E-state index contributed by atoms with van der Waals surface area (Å²) in [6.45, 7) is 4.28. The molecular formula is C14H20N2O4. The number of carboxylic acids is 1. The molecule has 3 N–H and O–H groups in total. The highest BCUT2D eigenvalue weighted by Gasteiger charge is 2.17. The largest absolute Gasteiger partial charge is 0.505 e. The summed E-state index contributed by atoms with van der Waals surface area (Å²) in [5.41, 5.74) is 0.138. The molecule has 0 aliphatic heterocycles. The van der Waals surface area contributed by atoms with Crippen LogP contribution in [0.25, 0.3) is 0 Å². The summed E-state index contributed by atoms with van der Waals surface area (Å²) in [5, 5.41) is 21.0. The van der Waals surface area contributed by atoms with E-state index < -0.39 is 11.9 Å². The normalized spacial score (nSPS) is 12.2. The third-order valence-corrected chi connectivity index (χ3v) is 2.86. The number of carbonyl (C=O) groups excluding carboxylic acids is 1. The van der Waals surface area contributed by atoms with Crippen molar-refractivity contribution in [3.05, 3.63) is 24.0 Å². The Labute approximate surface area is 117 Å². The predicted molar refractivity (Wildman–Crippen MR) is 73.4 cm³/mol. The molecule has 110 valence electrons. The number of aromatic hydroxyl groups is 1. The Bertz CT molecular complexity index is 474. The van der Waals surface area contributed by atoms with Crippen LogP contribution < -0.4 is 5.32 Å². The zero-order valence-electron chi connectivity index (χ0n) is 11.7. The number of rotatable bonds is 7. The van der Waals surface area contributed by atoms with Crippen LogP contribution in [0.2, 0.25) is 0 Å². The Balaban J connectivity index is 2.60. The van der Waals surface area contributed by atoms with E-state index in [0.29, 0.717) is 5.92 Å². The van der Waals surface area contributed by atoms with Gasteiger partial charge in [0.25, 0.3) is 5.91 Å². The fourth-order valence-electron chi connectivity index (χ4n) is 2.06. The molecule has 1 aromatic heterocycles. The Morgan fingerprint density at radius 1 is 1.40 bits per heavy atom. The van der Waals surface area contributed by atoms with Crippen molar-refractivity contribution in [3.63, 3.8) is 0 Å². The summed E-state index contributed by atoms with van der Waals surface area (Å²) < 4.78 is 0. The topological polar surface area (TPSA) is 99.5 Å². The first-order valence-corrected chi connectivity index (χ1v) is 6.53. The molecule has 0 bridgehead atoms. The minimum absolute atomic E-state index is 0.0147. The average molecular weight is 280 g/mol. The van der Waals surface area contributed by atoms with Gasteiger partial charge in [-0.2, -0.15) is 0 Å². The predicted octanol–water partition coefficient (Wildman–Crippen LogP) is 1.65. The number of nitrogens with zero attached hydrogens (tertiary/aromatic N) is 1. The number of aliphatic carboxylic acids is 1. The number of amides is 1. The van der Waals surface area contributed by atoms with Gasteiger partial charge in [-0.05, 0) is 24.3 Å². The molecule has 1 amide bonds. The second-order valence-corrected chi connectivity index (χ2v) is 5.20. The van der Waals surface area contributed by atoms with E-state index in [-0.39, 0.29) is 30.2 Å². The SMILES string of the molecule is CC(C)C[C@H](CNC(=O)c1ccncc1O)CC(=O)O. The van der Waals surface area contributed by atoms with Gasteiger partial charge in [0.2, 0.25) is 0 Å². The molecule has 0 aliphatic carbocycles. The van der Waals surface area contributed by atoms with E-state index in [1.165, 1.54) is 18.5 Å². The Morgan fingerprint density at radius 3 is 2.65 bits per heavy atom. The van der Waals surface area contributed by atoms with Crippen molar-refractivity contribution in [1.82, 2.24) is 10.3 Å². The van der Waals surface area contributed by atoms with Gasteiger partial charge in [-0.1, -0.05) is 13.8 Å². The van der Waals surface area contributed by atoms with E-state index in [4.69, 9.17) is 5.11 Å². The number of aromatic nitrogens is 1. The van der Waals surface area contributed by atoms with Crippen LogP contribution in [-0.4, -0.2) is 33.6 Å². The number of hydrogen-bond acceptors (Lipinski definition) is 4. The van der Waals surface area contributed by atoms with E-state index in [0.717, 1.165) is 6.42 Å². The van der Waals surface area contributed by atoms with Gasteiger partial charge in [-0.3, -0.25) is 14.6 Å².